The molecule has 2 heterocycles. The molecule has 1 fully saturated rings. The number of rotatable bonds is 6. The van der Waals surface area contributed by atoms with Crippen LogP contribution < -0.4 is 10.6 Å². The van der Waals surface area contributed by atoms with E-state index in [-0.39, 0.29) is 18.0 Å². The number of carbonyl (C=O) groups excluding carboxylic acids is 2. The number of hydrogen-bond acceptors (Lipinski definition) is 3. The van der Waals surface area contributed by atoms with Crippen LogP contribution in [0.25, 0.3) is 11.0 Å². The van der Waals surface area contributed by atoms with Gasteiger partial charge in [0.25, 0.3) is 5.91 Å². The van der Waals surface area contributed by atoms with Gasteiger partial charge in [-0.15, -0.1) is 0 Å². The maximum absolute atomic E-state index is 13.1. The minimum atomic E-state index is -0.140. The Hall–Kier alpha value is -3.35. The quantitative estimate of drug-likeness (QED) is 0.585. The largest absolute Gasteiger partial charge is 0.352 e. The van der Waals surface area contributed by atoms with E-state index in [1.807, 2.05) is 23.1 Å². The number of urea groups is 1. The number of nitrogens with one attached hydrogen (secondary N) is 2. The van der Waals surface area contributed by atoms with Crippen molar-refractivity contribution in [3.05, 3.63) is 59.9 Å². The first-order valence-electron chi connectivity index (χ1n) is 11.4. The van der Waals surface area contributed by atoms with Crippen LogP contribution in [0.1, 0.15) is 55.8 Å². The van der Waals surface area contributed by atoms with Gasteiger partial charge in [0, 0.05) is 30.9 Å². The first kappa shape index (κ1) is 21.9. The van der Waals surface area contributed by atoms with Gasteiger partial charge in [-0.2, -0.15) is 0 Å². The Balaban J connectivity index is 1.47. The maximum atomic E-state index is 13.1. The third kappa shape index (κ3) is 4.47. The summed E-state index contributed by atoms with van der Waals surface area (Å²) in [6.07, 6.45) is 1.84. The van der Waals surface area contributed by atoms with Gasteiger partial charge in [0.15, 0.2) is 0 Å². The molecule has 4 rings (SSSR count). The van der Waals surface area contributed by atoms with Crippen LogP contribution in [0.2, 0.25) is 0 Å². The van der Waals surface area contributed by atoms with Gasteiger partial charge in [0.1, 0.15) is 5.82 Å². The van der Waals surface area contributed by atoms with E-state index < -0.39 is 0 Å². The van der Waals surface area contributed by atoms with Crippen LogP contribution in [0.3, 0.4) is 0 Å². The predicted molar refractivity (Wildman–Crippen MR) is 127 cm³/mol. The number of nitrogens with zero attached hydrogens (tertiary/aromatic N) is 3. The molecule has 1 atom stereocenters. The van der Waals surface area contributed by atoms with E-state index in [4.69, 9.17) is 4.98 Å². The Morgan fingerprint density at radius 3 is 2.59 bits per heavy atom. The van der Waals surface area contributed by atoms with Gasteiger partial charge in [0.05, 0.1) is 17.1 Å². The molecule has 7 heteroatoms. The van der Waals surface area contributed by atoms with E-state index in [0.29, 0.717) is 30.3 Å². The lowest BCUT2D eigenvalue weighted by Crippen LogP contribution is -2.35. The Morgan fingerprint density at radius 2 is 1.88 bits per heavy atom. The normalized spacial score (nSPS) is 16.0. The molecule has 0 saturated carbocycles. The fourth-order valence-electron chi connectivity index (χ4n) is 4.26. The molecule has 1 aliphatic heterocycles. The summed E-state index contributed by atoms with van der Waals surface area (Å²) in [5, 5.41) is 5.89. The maximum Gasteiger partial charge on any atom is 0.322 e. The topological polar surface area (TPSA) is 79.3 Å². The number of para-hydroxylation sites is 2. The van der Waals surface area contributed by atoms with Crippen molar-refractivity contribution in [3.63, 3.8) is 0 Å². The van der Waals surface area contributed by atoms with Gasteiger partial charge >= 0.3 is 6.03 Å². The van der Waals surface area contributed by atoms with Gasteiger partial charge in [0.2, 0.25) is 0 Å². The highest BCUT2D eigenvalue weighted by Crippen LogP contribution is 2.34. The highest BCUT2D eigenvalue weighted by molar-refractivity contribution is 5.95. The molecule has 0 radical (unpaired) electrons. The Labute approximate surface area is 188 Å². The molecule has 7 nitrogen and oxygen atoms in total. The number of benzene rings is 2. The Bertz CT molecular complexity index is 1100. The van der Waals surface area contributed by atoms with Crippen LogP contribution in [-0.2, 0) is 6.54 Å². The third-order valence-corrected chi connectivity index (χ3v) is 5.88. The highest BCUT2D eigenvalue weighted by atomic mass is 16.2. The number of aryl methyl sites for hydroxylation is 1. The number of amides is 3. The van der Waals surface area contributed by atoms with Crippen LogP contribution in [0.15, 0.2) is 48.5 Å². The van der Waals surface area contributed by atoms with Crippen molar-refractivity contribution in [2.45, 2.75) is 46.2 Å². The molecule has 0 aliphatic carbocycles. The molecule has 1 aliphatic rings. The van der Waals surface area contributed by atoms with Gasteiger partial charge in [-0.3, -0.25) is 4.79 Å². The molecule has 0 bridgehead atoms. The summed E-state index contributed by atoms with van der Waals surface area (Å²) in [5.41, 5.74) is 3.32. The van der Waals surface area contributed by atoms with Gasteiger partial charge in [-0.1, -0.05) is 26.0 Å². The lowest BCUT2D eigenvalue weighted by atomic mass is 10.1. The number of likely N-dealkylation sites (tertiary alicyclic amines) is 1. The van der Waals surface area contributed by atoms with Crippen molar-refractivity contribution < 1.29 is 9.59 Å². The van der Waals surface area contributed by atoms with Crippen LogP contribution in [-0.4, -0.2) is 39.5 Å². The number of aromatic nitrogens is 2. The summed E-state index contributed by atoms with van der Waals surface area (Å²) >= 11 is 0. The molecule has 1 unspecified atom stereocenters. The summed E-state index contributed by atoms with van der Waals surface area (Å²) in [7, 11) is 0. The fourth-order valence-corrected chi connectivity index (χ4v) is 4.26. The van der Waals surface area contributed by atoms with Crippen molar-refractivity contribution in [3.8, 4) is 0 Å². The molecule has 168 valence electrons. The SMILES string of the molecule is CCn1c(C2CCCN2C(=O)Nc2ccc(C(=O)NCC(C)C)cc2)nc2ccccc21. The molecule has 1 aromatic heterocycles. The monoisotopic (exact) mass is 433 g/mol. The summed E-state index contributed by atoms with van der Waals surface area (Å²) in [6, 6.07) is 14.9. The number of imidazole rings is 1. The second-order valence-electron chi connectivity index (χ2n) is 8.67. The second-order valence-corrected chi connectivity index (χ2v) is 8.67. The summed E-state index contributed by atoms with van der Waals surface area (Å²) < 4.78 is 2.20. The Kier molecular flexibility index (Phi) is 6.44. The number of fused-ring (bicyclic) bond motifs is 1. The number of anilines is 1. The van der Waals surface area contributed by atoms with Crippen molar-refractivity contribution in [2.24, 2.45) is 5.92 Å². The zero-order valence-corrected chi connectivity index (χ0v) is 19.0. The van der Waals surface area contributed by atoms with E-state index in [9.17, 15) is 9.59 Å². The second kappa shape index (κ2) is 9.42. The molecular formula is C25H31N5O2. The van der Waals surface area contributed by atoms with E-state index in [2.05, 4.69) is 42.0 Å². The molecule has 0 spiro atoms. The van der Waals surface area contributed by atoms with E-state index >= 15 is 0 Å². The molecule has 1 saturated heterocycles. The first-order chi connectivity index (χ1) is 15.5. The van der Waals surface area contributed by atoms with Crippen molar-refractivity contribution in [2.75, 3.05) is 18.4 Å². The average Bonchev–Trinajstić information content (AvgIpc) is 3.42. The van der Waals surface area contributed by atoms with Gasteiger partial charge in [-0.05, 0) is 62.1 Å². The summed E-state index contributed by atoms with van der Waals surface area (Å²) in [5.74, 6) is 1.24. The van der Waals surface area contributed by atoms with Crippen molar-refractivity contribution in [1.29, 1.82) is 0 Å². The standard InChI is InChI=1S/C25H31N5O2/c1-4-29-21-9-6-5-8-20(21)28-23(29)22-10-7-15-30(22)25(32)27-19-13-11-18(12-14-19)24(31)26-16-17(2)3/h5-6,8-9,11-14,17,22H,4,7,10,15-16H2,1-3H3,(H,26,31)(H,27,32). The zero-order chi connectivity index (χ0) is 22.7. The third-order valence-electron chi connectivity index (χ3n) is 5.88. The zero-order valence-electron chi connectivity index (χ0n) is 19.0. The summed E-state index contributed by atoms with van der Waals surface area (Å²) in [6.45, 7) is 8.35. The fraction of sp³-hybridized carbons (Fsp3) is 0.400. The molecule has 32 heavy (non-hydrogen) atoms. The van der Waals surface area contributed by atoms with E-state index in [1.165, 1.54) is 0 Å². The van der Waals surface area contributed by atoms with Crippen LogP contribution in [0.4, 0.5) is 10.5 Å². The Morgan fingerprint density at radius 1 is 1.12 bits per heavy atom. The van der Waals surface area contributed by atoms with Crippen LogP contribution >= 0.6 is 0 Å². The number of hydrogen-bond donors (Lipinski definition) is 2. The average molecular weight is 434 g/mol. The van der Waals surface area contributed by atoms with E-state index in [0.717, 1.165) is 36.2 Å². The van der Waals surface area contributed by atoms with Gasteiger partial charge in [-0.25, -0.2) is 9.78 Å². The molecule has 3 aromatic rings. The smallest absolute Gasteiger partial charge is 0.322 e. The van der Waals surface area contributed by atoms with Crippen LogP contribution in [0, 0.1) is 5.92 Å². The molecule has 2 aromatic carbocycles. The lowest BCUT2D eigenvalue weighted by Gasteiger charge is -2.25. The van der Waals surface area contributed by atoms with Crippen LogP contribution in [0.5, 0.6) is 0 Å². The minimum Gasteiger partial charge on any atom is -0.352 e. The first-order valence-corrected chi connectivity index (χ1v) is 11.4. The molecular weight excluding hydrogens is 402 g/mol. The molecule has 2 N–H and O–H groups in total. The minimum absolute atomic E-state index is 0.0524. The van der Waals surface area contributed by atoms with Crippen molar-refractivity contribution in [1.82, 2.24) is 19.8 Å². The number of carbonyl (C=O) groups is 2. The highest BCUT2D eigenvalue weighted by Gasteiger charge is 2.33. The summed E-state index contributed by atoms with van der Waals surface area (Å²) in [4.78, 5) is 32.1. The van der Waals surface area contributed by atoms with Crippen molar-refractivity contribution >= 4 is 28.7 Å². The predicted octanol–water partition coefficient (Wildman–Crippen LogP) is 4.81. The molecule has 3 amide bonds. The lowest BCUT2D eigenvalue weighted by molar-refractivity contribution is 0.0949. The van der Waals surface area contributed by atoms with E-state index in [1.54, 1.807) is 24.3 Å². The van der Waals surface area contributed by atoms with Gasteiger partial charge < -0.3 is 20.1 Å².